The van der Waals surface area contributed by atoms with Crippen molar-refractivity contribution in [1.82, 2.24) is 4.98 Å². The number of allylic oxidation sites excluding steroid dienone is 2. The highest BCUT2D eigenvalue weighted by molar-refractivity contribution is 5.77. The van der Waals surface area contributed by atoms with E-state index in [0.29, 0.717) is 5.92 Å². The molecule has 1 aliphatic carbocycles. The smallest absolute Gasteiger partial charge is 0.196 e. The van der Waals surface area contributed by atoms with E-state index >= 15 is 0 Å². The molecule has 32 heavy (non-hydrogen) atoms. The Hall–Kier alpha value is -3.59. The first-order chi connectivity index (χ1) is 15.8. The Bertz CT molecular complexity index is 1150. The minimum absolute atomic E-state index is 0.377. The fourth-order valence-electron chi connectivity index (χ4n) is 4.55. The number of benzene rings is 3. The van der Waals surface area contributed by atoms with Crippen LogP contribution in [0, 0.1) is 5.92 Å². The van der Waals surface area contributed by atoms with Gasteiger partial charge in [-0.15, -0.1) is 0 Å². The van der Waals surface area contributed by atoms with E-state index < -0.39 is 0 Å². The monoisotopic (exact) mass is 421 g/mol. The molecule has 0 N–H and O–H groups in total. The van der Waals surface area contributed by atoms with Crippen LogP contribution in [-0.4, -0.2) is 12.1 Å². The lowest BCUT2D eigenvalue weighted by atomic mass is 9.81. The zero-order valence-corrected chi connectivity index (χ0v) is 18.3. The molecule has 0 amide bonds. The third-order valence-corrected chi connectivity index (χ3v) is 6.14. The van der Waals surface area contributed by atoms with Crippen molar-refractivity contribution in [3.8, 4) is 28.3 Å². The Morgan fingerprint density at radius 2 is 1.59 bits per heavy atom. The molecule has 1 atom stereocenters. The molecule has 0 saturated carbocycles. The van der Waals surface area contributed by atoms with Crippen molar-refractivity contribution in [3.63, 3.8) is 0 Å². The number of aromatic nitrogens is 1. The fourth-order valence-corrected chi connectivity index (χ4v) is 4.55. The maximum absolute atomic E-state index is 6.42. The predicted octanol–water partition coefficient (Wildman–Crippen LogP) is 7.44. The Morgan fingerprint density at radius 1 is 0.875 bits per heavy atom. The summed E-state index contributed by atoms with van der Waals surface area (Å²) in [6.45, 7) is 0. The highest BCUT2D eigenvalue weighted by Gasteiger charge is 2.24. The fraction of sp³-hybridized carbons (Fsp3) is 0.207. The van der Waals surface area contributed by atoms with Gasteiger partial charge >= 0.3 is 0 Å². The number of hydrogen-bond acceptors (Lipinski definition) is 3. The topological polar surface area (TPSA) is 35.3 Å². The van der Waals surface area contributed by atoms with Crippen molar-refractivity contribution in [2.75, 3.05) is 7.11 Å². The van der Waals surface area contributed by atoms with Crippen LogP contribution in [0.4, 0.5) is 0 Å². The van der Waals surface area contributed by atoms with Crippen LogP contribution in [-0.2, 0) is 6.42 Å². The van der Waals surface area contributed by atoms with Crippen LogP contribution in [0.3, 0.4) is 0 Å². The highest BCUT2D eigenvalue weighted by Crippen LogP contribution is 2.38. The third kappa shape index (κ3) is 4.24. The third-order valence-electron chi connectivity index (χ3n) is 6.14. The van der Waals surface area contributed by atoms with Crippen LogP contribution in [0.5, 0.6) is 5.75 Å². The summed E-state index contributed by atoms with van der Waals surface area (Å²) in [5.74, 6) is 2.90. The van der Waals surface area contributed by atoms with E-state index in [0.717, 1.165) is 53.5 Å². The van der Waals surface area contributed by atoms with E-state index in [1.807, 2.05) is 42.5 Å². The maximum Gasteiger partial charge on any atom is 0.196 e. The maximum atomic E-state index is 6.42. The first-order valence-corrected chi connectivity index (χ1v) is 11.3. The van der Waals surface area contributed by atoms with Gasteiger partial charge in [-0.2, -0.15) is 0 Å². The van der Waals surface area contributed by atoms with Crippen LogP contribution in [0.25, 0.3) is 28.2 Å². The lowest BCUT2D eigenvalue weighted by Gasteiger charge is -2.24. The molecule has 1 aromatic heterocycles. The van der Waals surface area contributed by atoms with Gasteiger partial charge in [-0.1, -0.05) is 78.9 Å². The molecular weight excluding hydrogens is 394 g/mol. The molecule has 3 aromatic carbocycles. The summed E-state index contributed by atoms with van der Waals surface area (Å²) in [6.07, 6.45) is 6.60. The van der Waals surface area contributed by atoms with Gasteiger partial charge in [-0.05, 0) is 48.4 Å². The summed E-state index contributed by atoms with van der Waals surface area (Å²) in [4.78, 5) is 4.99. The van der Waals surface area contributed by atoms with Gasteiger partial charge in [0.2, 0.25) is 0 Å². The SMILES string of the molecule is COc1cccc(C2=CCCCC2Cc2nc(-c3ccccc3)c(-c3ccccc3)o2)c1. The van der Waals surface area contributed by atoms with Crippen molar-refractivity contribution in [2.24, 2.45) is 5.92 Å². The van der Waals surface area contributed by atoms with Gasteiger partial charge in [0.05, 0.1) is 7.11 Å². The number of methoxy groups -OCH3 is 1. The number of ether oxygens (including phenoxy) is 1. The molecule has 3 heteroatoms. The molecule has 4 aromatic rings. The number of hydrogen-bond donors (Lipinski definition) is 0. The molecule has 1 heterocycles. The van der Waals surface area contributed by atoms with E-state index in [2.05, 4.69) is 48.5 Å². The molecule has 0 aliphatic heterocycles. The summed E-state index contributed by atoms with van der Waals surface area (Å²) < 4.78 is 11.9. The Kier molecular flexibility index (Phi) is 5.89. The van der Waals surface area contributed by atoms with Crippen LogP contribution >= 0.6 is 0 Å². The van der Waals surface area contributed by atoms with E-state index in [9.17, 15) is 0 Å². The van der Waals surface area contributed by atoms with E-state index in [4.69, 9.17) is 14.1 Å². The number of nitrogens with zero attached hydrogens (tertiary/aromatic N) is 1. The van der Waals surface area contributed by atoms with Crippen LogP contribution in [0.15, 0.2) is 95.4 Å². The lowest BCUT2D eigenvalue weighted by molar-refractivity contribution is 0.414. The van der Waals surface area contributed by atoms with Gasteiger partial charge in [0.15, 0.2) is 11.7 Å². The van der Waals surface area contributed by atoms with E-state index in [1.165, 1.54) is 17.6 Å². The first kappa shape index (κ1) is 20.3. The number of rotatable bonds is 6. The van der Waals surface area contributed by atoms with Crippen molar-refractivity contribution >= 4 is 5.57 Å². The van der Waals surface area contributed by atoms with Crippen LogP contribution < -0.4 is 4.74 Å². The average Bonchev–Trinajstić information content (AvgIpc) is 3.29. The Balaban J connectivity index is 1.50. The van der Waals surface area contributed by atoms with E-state index in [-0.39, 0.29) is 0 Å². The molecular formula is C29H27NO2. The Morgan fingerprint density at radius 3 is 2.34 bits per heavy atom. The second-order valence-corrected chi connectivity index (χ2v) is 8.24. The lowest BCUT2D eigenvalue weighted by Crippen LogP contribution is -2.11. The summed E-state index contributed by atoms with van der Waals surface area (Å²) >= 11 is 0. The highest BCUT2D eigenvalue weighted by atomic mass is 16.5. The molecule has 0 spiro atoms. The molecule has 0 fully saturated rings. The standard InChI is InChI=1S/C29H27NO2/c1-31-25-17-10-16-23(19-25)26-18-9-8-15-24(26)20-27-30-28(21-11-4-2-5-12-21)29(32-27)22-13-6-3-7-14-22/h2-7,10-14,16-19,24H,8-9,15,20H2,1H3. The summed E-state index contributed by atoms with van der Waals surface area (Å²) in [5, 5.41) is 0. The zero-order valence-electron chi connectivity index (χ0n) is 18.3. The first-order valence-electron chi connectivity index (χ1n) is 11.3. The second kappa shape index (κ2) is 9.27. The summed E-state index contributed by atoms with van der Waals surface area (Å²) in [6, 6.07) is 28.9. The van der Waals surface area contributed by atoms with Crippen molar-refractivity contribution < 1.29 is 9.15 Å². The van der Waals surface area contributed by atoms with Gasteiger partial charge in [-0.3, -0.25) is 0 Å². The average molecular weight is 422 g/mol. The summed E-state index contributed by atoms with van der Waals surface area (Å²) in [5.41, 5.74) is 5.64. The van der Waals surface area contributed by atoms with Crippen LogP contribution in [0.2, 0.25) is 0 Å². The van der Waals surface area contributed by atoms with Gasteiger partial charge in [-0.25, -0.2) is 4.98 Å². The molecule has 3 nitrogen and oxygen atoms in total. The molecule has 1 aliphatic rings. The molecule has 0 saturated heterocycles. The molecule has 1 unspecified atom stereocenters. The van der Waals surface area contributed by atoms with Gasteiger partial charge in [0.1, 0.15) is 11.4 Å². The molecule has 160 valence electrons. The quantitative estimate of drug-likeness (QED) is 0.324. The summed E-state index contributed by atoms with van der Waals surface area (Å²) in [7, 11) is 1.72. The van der Waals surface area contributed by atoms with E-state index in [1.54, 1.807) is 7.11 Å². The molecule has 0 radical (unpaired) electrons. The minimum Gasteiger partial charge on any atom is -0.497 e. The molecule has 5 rings (SSSR count). The van der Waals surface area contributed by atoms with Gasteiger partial charge in [0.25, 0.3) is 0 Å². The second-order valence-electron chi connectivity index (χ2n) is 8.24. The van der Waals surface area contributed by atoms with Crippen LogP contribution in [0.1, 0.15) is 30.7 Å². The van der Waals surface area contributed by atoms with Crippen molar-refractivity contribution in [2.45, 2.75) is 25.7 Å². The van der Waals surface area contributed by atoms with Gasteiger partial charge < -0.3 is 9.15 Å². The normalized spacial score (nSPS) is 15.9. The Labute approximate surface area is 189 Å². The minimum atomic E-state index is 0.377. The van der Waals surface area contributed by atoms with Gasteiger partial charge in [0, 0.05) is 17.5 Å². The largest absolute Gasteiger partial charge is 0.497 e. The van der Waals surface area contributed by atoms with Crippen molar-refractivity contribution in [1.29, 1.82) is 0 Å². The number of oxazole rings is 1. The predicted molar refractivity (Wildman–Crippen MR) is 129 cm³/mol. The van der Waals surface area contributed by atoms with Crippen molar-refractivity contribution in [3.05, 3.63) is 102 Å². The zero-order chi connectivity index (χ0) is 21.8. The molecule has 0 bridgehead atoms.